The van der Waals surface area contributed by atoms with E-state index in [9.17, 15) is 9.90 Å². The molecule has 4 nitrogen and oxygen atoms in total. The third kappa shape index (κ3) is 2.05. The number of benzene rings is 1. The van der Waals surface area contributed by atoms with Crippen LogP contribution in [0.4, 0.5) is 0 Å². The first-order valence-electron chi connectivity index (χ1n) is 6.06. The molecule has 0 bridgehead atoms. The lowest BCUT2D eigenvalue weighted by atomic mass is 9.79. The van der Waals surface area contributed by atoms with E-state index in [1.54, 1.807) is 31.2 Å². The number of amides is 1. The van der Waals surface area contributed by atoms with Crippen molar-refractivity contribution in [3.05, 3.63) is 34.9 Å². The summed E-state index contributed by atoms with van der Waals surface area (Å²) >= 11 is 5.80. The van der Waals surface area contributed by atoms with Crippen molar-refractivity contribution in [1.29, 1.82) is 0 Å². The van der Waals surface area contributed by atoms with E-state index < -0.39 is 11.1 Å². The van der Waals surface area contributed by atoms with E-state index >= 15 is 0 Å². The van der Waals surface area contributed by atoms with Crippen LogP contribution in [0, 0.1) is 5.41 Å². The maximum absolute atomic E-state index is 12.4. The molecule has 2 rings (SSSR count). The highest BCUT2D eigenvalue weighted by Crippen LogP contribution is 2.41. The lowest BCUT2D eigenvalue weighted by molar-refractivity contribution is -0.110. The third-order valence-electron chi connectivity index (χ3n) is 4.03. The number of carbonyl (C=O) groups excluding carboxylic acids is 1. The molecule has 1 aliphatic heterocycles. The first-order chi connectivity index (χ1) is 8.68. The van der Waals surface area contributed by atoms with E-state index in [2.05, 4.69) is 5.10 Å². The van der Waals surface area contributed by atoms with Crippen molar-refractivity contribution in [2.45, 2.75) is 33.4 Å². The van der Waals surface area contributed by atoms with Crippen LogP contribution in [-0.2, 0) is 0 Å². The minimum absolute atomic E-state index is 0.341. The average Bonchev–Trinajstić information content (AvgIpc) is 2.49. The van der Waals surface area contributed by atoms with E-state index in [4.69, 9.17) is 11.6 Å². The molecule has 0 radical (unpaired) electrons. The first kappa shape index (κ1) is 14.0. The molecular formula is C14H17ClN2O2. The van der Waals surface area contributed by atoms with Gasteiger partial charge in [0.05, 0.1) is 5.41 Å². The Labute approximate surface area is 117 Å². The molecule has 0 saturated heterocycles. The fourth-order valence-corrected chi connectivity index (χ4v) is 2.06. The van der Waals surface area contributed by atoms with Crippen molar-refractivity contribution in [3.63, 3.8) is 0 Å². The van der Waals surface area contributed by atoms with E-state index in [0.717, 1.165) is 10.7 Å². The number of hydrogen-bond donors (Lipinski definition) is 1. The van der Waals surface area contributed by atoms with Gasteiger partial charge in [-0.1, -0.05) is 11.6 Å². The Morgan fingerprint density at radius 1 is 1.26 bits per heavy atom. The van der Waals surface area contributed by atoms with E-state index in [0.29, 0.717) is 10.6 Å². The molecular weight excluding hydrogens is 264 g/mol. The summed E-state index contributed by atoms with van der Waals surface area (Å²) in [6, 6.07) is 6.52. The second-order valence-corrected chi connectivity index (χ2v) is 5.89. The summed E-state index contributed by atoms with van der Waals surface area (Å²) in [5, 5.41) is 16.5. The van der Waals surface area contributed by atoms with Gasteiger partial charge in [0.15, 0.2) is 5.72 Å². The molecule has 0 fully saturated rings. The number of aliphatic hydroxyl groups is 1. The van der Waals surface area contributed by atoms with Gasteiger partial charge in [0.1, 0.15) is 0 Å². The van der Waals surface area contributed by atoms with Crippen LogP contribution < -0.4 is 0 Å². The zero-order valence-corrected chi connectivity index (χ0v) is 12.2. The highest BCUT2D eigenvalue weighted by molar-refractivity contribution is 6.30. The van der Waals surface area contributed by atoms with Gasteiger partial charge in [-0.3, -0.25) is 4.79 Å². The van der Waals surface area contributed by atoms with Crippen molar-refractivity contribution in [1.82, 2.24) is 5.01 Å². The molecule has 0 saturated carbocycles. The standard InChI is InChI=1S/C14H17ClN2O2/c1-9-13(2,3)14(4,19)17(16-9)12(18)10-5-7-11(15)8-6-10/h5-8,19H,1-4H3. The minimum atomic E-state index is -1.35. The van der Waals surface area contributed by atoms with E-state index in [1.165, 1.54) is 0 Å². The SMILES string of the molecule is CC1=NN(C(=O)c2ccc(Cl)cc2)C(C)(O)C1(C)C. The summed E-state index contributed by atoms with van der Waals surface area (Å²) in [5.74, 6) is -0.341. The maximum Gasteiger partial charge on any atom is 0.276 e. The number of halogens is 1. The van der Waals surface area contributed by atoms with Crippen LogP contribution in [0.5, 0.6) is 0 Å². The van der Waals surface area contributed by atoms with Crippen molar-refractivity contribution >= 4 is 23.2 Å². The van der Waals surface area contributed by atoms with Gasteiger partial charge < -0.3 is 5.11 Å². The topological polar surface area (TPSA) is 52.9 Å². The zero-order chi connectivity index (χ0) is 14.4. The Morgan fingerprint density at radius 3 is 2.21 bits per heavy atom. The second-order valence-electron chi connectivity index (χ2n) is 5.46. The summed E-state index contributed by atoms with van der Waals surface area (Å²) in [4.78, 5) is 12.4. The molecule has 102 valence electrons. The van der Waals surface area contributed by atoms with Gasteiger partial charge in [-0.25, -0.2) is 0 Å². The monoisotopic (exact) mass is 280 g/mol. The average molecular weight is 281 g/mol. The van der Waals surface area contributed by atoms with Crippen LogP contribution in [0.25, 0.3) is 0 Å². The van der Waals surface area contributed by atoms with E-state index in [-0.39, 0.29) is 5.91 Å². The summed E-state index contributed by atoms with van der Waals surface area (Å²) in [6.07, 6.45) is 0. The van der Waals surface area contributed by atoms with Crippen LogP contribution in [0.3, 0.4) is 0 Å². The molecule has 1 aromatic carbocycles. The number of hydrogen-bond acceptors (Lipinski definition) is 3. The number of carbonyl (C=O) groups is 1. The predicted molar refractivity (Wildman–Crippen MR) is 75.1 cm³/mol. The van der Waals surface area contributed by atoms with Gasteiger partial charge in [-0.15, -0.1) is 0 Å². The number of hydrazone groups is 1. The Kier molecular flexibility index (Phi) is 3.19. The Morgan fingerprint density at radius 2 is 1.79 bits per heavy atom. The molecule has 1 unspecified atom stereocenters. The molecule has 1 amide bonds. The molecule has 1 aromatic rings. The van der Waals surface area contributed by atoms with Gasteiger partial charge in [0, 0.05) is 16.3 Å². The predicted octanol–water partition coefficient (Wildman–Crippen LogP) is 2.91. The van der Waals surface area contributed by atoms with Crippen LogP contribution in [0.15, 0.2) is 29.4 Å². The van der Waals surface area contributed by atoms with Crippen molar-refractivity contribution in [3.8, 4) is 0 Å². The Bertz CT molecular complexity index is 547. The van der Waals surface area contributed by atoms with Gasteiger partial charge >= 0.3 is 0 Å². The highest BCUT2D eigenvalue weighted by atomic mass is 35.5. The molecule has 19 heavy (non-hydrogen) atoms. The van der Waals surface area contributed by atoms with E-state index in [1.807, 2.05) is 20.8 Å². The molecule has 1 aliphatic rings. The molecule has 0 aromatic heterocycles. The van der Waals surface area contributed by atoms with Crippen molar-refractivity contribution in [2.75, 3.05) is 0 Å². The third-order valence-corrected chi connectivity index (χ3v) is 4.29. The Balaban J connectivity index is 2.38. The fraction of sp³-hybridized carbons (Fsp3) is 0.429. The largest absolute Gasteiger partial charge is 0.368 e. The molecule has 0 aliphatic carbocycles. The normalized spacial score (nSPS) is 25.4. The zero-order valence-electron chi connectivity index (χ0n) is 11.4. The summed E-state index contributed by atoms with van der Waals surface area (Å²) in [5.41, 5.74) is -0.776. The molecule has 1 N–H and O–H groups in total. The quantitative estimate of drug-likeness (QED) is 0.860. The smallest absolute Gasteiger partial charge is 0.276 e. The lowest BCUT2D eigenvalue weighted by Crippen LogP contribution is -2.53. The summed E-state index contributed by atoms with van der Waals surface area (Å²) in [7, 11) is 0. The molecule has 5 heteroatoms. The Hall–Kier alpha value is -1.39. The molecule has 1 heterocycles. The number of rotatable bonds is 1. The molecule has 0 spiro atoms. The summed E-state index contributed by atoms with van der Waals surface area (Å²) < 4.78 is 0. The van der Waals surface area contributed by atoms with Gasteiger partial charge in [0.25, 0.3) is 5.91 Å². The maximum atomic E-state index is 12.4. The van der Waals surface area contributed by atoms with Crippen LogP contribution >= 0.6 is 11.6 Å². The summed E-state index contributed by atoms with van der Waals surface area (Å²) in [6.45, 7) is 7.13. The van der Waals surface area contributed by atoms with Crippen LogP contribution in [0.2, 0.25) is 5.02 Å². The van der Waals surface area contributed by atoms with Crippen molar-refractivity contribution in [2.24, 2.45) is 10.5 Å². The molecule has 1 atom stereocenters. The fourth-order valence-electron chi connectivity index (χ4n) is 1.94. The van der Waals surface area contributed by atoms with Crippen LogP contribution in [-0.4, -0.2) is 27.5 Å². The number of nitrogens with zero attached hydrogens (tertiary/aromatic N) is 2. The van der Waals surface area contributed by atoms with Crippen LogP contribution in [0.1, 0.15) is 38.1 Å². The van der Waals surface area contributed by atoms with Gasteiger partial charge in [0.2, 0.25) is 0 Å². The lowest BCUT2D eigenvalue weighted by Gasteiger charge is -2.37. The first-order valence-corrected chi connectivity index (χ1v) is 6.44. The highest BCUT2D eigenvalue weighted by Gasteiger charge is 2.53. The van der Waals surface area contributed by atoms with Crippen molar-refractivity contribution < 1.29 is 9.90 Å². The van der Waals surface area contributed by atoms with Gasteiger partial charge in [-0.05, 0) is 52.0 Å². The minimum Gasteiger partial charge on any atom is -0.368 e. The second kappa shape index (κ2) is 4.32. The van der Waals surface area contributed by atoms with Gasteiger partial charge in [-0.2, -0.15) is 10.1 Å².